The highest BCUT2D eigenvalue weighted by atomic mass is 35.5. The van der Waals surface area contributed by atoms with E-state index in [4.69, 9.17) is 11.6 Å². The summed E-state index contributed by atoms with van der Waals surface area (Å²) in [6.07, 6.45) is 3.94. The normalized spacial score (nSPS) is 15.2. The van der Waals surface area contributed by atoms with E-state index in [9.17, 15) is 9.59 Å². The number of rotatable bonds is 7. The molecule has 1 atom stereocenters. The van der Waals surface area contributed by atoms with Crippen LogP contribution in [0.25, 0.3) is 0 Å². The average Bonchev–Trinajstić information content (AvgIpc) is 3.16. The van der Waals surface area contributed by atoms with Crippen LogP contribution in [0.1, 0.15) is 49.9 Å². The molecule has 29 heavy (non-hydrogen) atoms. The summed E-state index contributed by atoms with van der Waals surface area (Å²) < 4.78 is 0. The zero-order valence-electron chi connectivity index (χ0n) is 16.7. The molecule has 3 N–H and O–H groups in total. The van der Waals surface area contributed by atoms with E-state index in [1.54, 1.807) is 24.3 Å². The second-order valence-electron chi connectivity index (χ2n) is 7.68. The number of nitrogens with zero attached hydrogens (tertiary/aromatic N) is 3. The number of benzene rings is 1. The third-order valence-electron chi connectivity index (χ3n) is 4.79. The van der Waals surface area contributed by atoms with E-state index < -0.39 is 6.04 Å². The summed E-state index contributed by atoms with van der Waals surface area (Å²) in [5, 5.41) is 13.1. The van der Waals surface area contributed by atoms with E-state index in [1.807, 2.05) is 13.8 Å². The Morgan fingerprint density at radius 1 is 1.17 bits per heavy atom. The van der Waals surface area contributed by atoms with Crippen LogP contribution in [0.5, 0.6) is 0 Å². The smallest absolute Gasteiger partial charge is 0.251 e. The Morgan fingerprint density at radius 2 is 1.86 bits per heavy atom. The van der Waals surface area contributed by atoms with E-state index in [1.165, 1.54) is 6.42 Å². The molecule has 1 fully saturated rings. The minimum atomic E-state index is -0.693. The lowest BCUT2D eigenvalue weighted by molar-refractivity contribution is -0.118. The van der Waals surface area contributed by atoms with Crippen LogP contribution in [-0.2, 0) is 4.79 Å². The molecule has 0 saturated carbocycles. The number of carbonyl (C=O) groups excluding carboxylic acids is 2. The number of hydrogen-bond acceptors (Lipinski definition) is 5. The van der Waals surface area contributed by atoms with Gasteiger partial charge in [0, 0.05) is 23.7 Å². The highest BCUT2D eigenvalue weighted by Gasteiger charge is 2.24. The van der Waals surface area contributed by atoms with Crippen molar-refractivity contribution in [1.82, 2.24) is 20.5 Å². The first-order chi connectivity index (χ1) is 13.9. The molecule has 156 valence electrons. The molecule has 1 aliphatic rings. The second-order valence-corrected chi connectivity index (χ2v) is 8.12. The van der Waals surface area contributed by atoms with E-state index >= 15 is 0 Å². The highest BCUT2D eigenvalue weighted by Crippen LogP contribution is 2.17. The summed E-state index contributed by atoms with van der Waals surface area (Å²) in [4.78, 5) is 31.8. The average molecular weight is 419 g/mol. The predicted molar refractivity (Wildman–Crippen MR) is 113 cm³/mol. The number of amides is 2. The lowest BCUT2D eigenvalue weighted by atomic mass is 10.0. The maximum atomic E-state index is 12.8. The molecule has 2 heterocycles. The number of nitrogens with one attached hydrogen (secondary N) is 3. The van der Waals surface area contributed by atoms with Gasteiger partial charge < -0.3 is 10.2 Å². The van der Waals surface area contributed by atoms with Crippen molar-refractivity contribution >= 4 is 35.3 Å². The van der Waals surface area contributed by atoms with Crippen LogP contribution in [0.4, 0.5) is 11.9 Å². The standard InChI is InChI=1S/C20H27ClN6O2/c1-13(2)12-16(22-17(28)14-6-8-15(21)9-7-14)18(29)23-19-24-20(26-25-19)27-10-4-3-5-11-27/h6-9,13,16H,3-5,10-12H2,1-2H3,(H,22,28)(H2,23,24,25,26,29). The Bertz CT molecular complexity index is 830. The van der Waals surface area contributed by atoms with Crippen LogP contribution in [0.3, 0.4) is 0 Å². The zero-order valence-corrected chi connectivity index (χ0v) is 17.5. The summed E-state index contributed by atoms with van der Waals surface area (Å²) in [6, 6.07) is 5.85. The zero-order chi connectivity index (χ0) is 20.8. The summed E-state index contributed by atoms with van der Waals surface area (Å²) in [7, 11) is 0. The van der Waals surface area contributed by atoms with Gasteiger partial charge in [-0.25, -0.2) is 5.10 Å². The fourth-order valence-corrected chi connectivity index (χ4v) is 3.42. The Morgan fingerprint density at radius 3 is 2.52 bits per heavy atom. The van der Waals surface area contributed by atoms with Gasteiger partial charge in [0.2, 0.25) is 17.8 Å². The maximum absolute atomic E-state index is 12.8. The van der Waals surface area contributed by atoms with Crippen molar-refractivity contribution in [3.8, 4) is 0 Å². The molecule has 3 rings (SSSR count). The van der Waals surface area contributed by atoms with Crippen LogP contribution in [0.15, 0.2) is 24.3 Å². The van der Waals surface area contributed by atoms with E-state index in [0.29, 0.717) is 23.0 Å². The van der Waals surface area contributed by atoms with Crippen molar-refractivity contribution in [1.29, 1.82) is 0 Å². The minimum absolute atomic E-state index is 0.218. The highest BCUT2D eigenvalue weighted by molar-refractivity contribution is 6.30. The van der Waals surface area contributed by atoms with E-state index in [2.05, 4.69) is 30.7 Å². The molecular weight excluding hydrogens is 392 g/mol. The SMILES string of the molecule is CC(C)CC(NC(=O)c1ccc(Cl)cc1)C(=O)Nc1nc(N2CCCCC2)n[nH]1. The van der Waals surface area contributed by atoms with Crippen LogP contribution in [0.2, 0.25) is 5.02 Å². The van der Waals surface area contributed by atoms with E-state index in [0.717, 1.165) is 25.9 Å². The monoisotopic (exact) mass is 418 g/mol. The number of halogens is 1. The quantitative estimate of drug-likeness (QED) is 0.640. The topological polar surface area (TPSA) is 103 Å². The van der Waals surface area contributed by atoms with Gasteiger partial charge in [0.05, 0.1) is 0 Å². The van der Waals surface area contributed by atoms with Crippen LogP contribution in [0, 0.1) is 5.92 Å². The molecule has 1 aliphatic heterocycles. The van der Waals surface area contributed by atoms with Crippen molar-refractivity contribution in [3.63, 3.8) is 0 Å². The first-order valence-electron chi connectivity index (χ1n) is 9.97. The summed E-state index contributed by atoms with van der Waals surface area (Å²) in [5.41, 5.74) is 0.447. The third kappa shape index (κ3) is 5.93. The number of H-pyrrole nitrogens is 1. The number of carbonyl (C=O) groups is 2. The number of hydrogen-bond donors (Lipinski definition) is 3. The first kappa shape index (κ1) is 21.1. The van der Waals surface area contributed by atoms with Gasteiger partial charge in [-0.1, -0.05) is 25.4 Å². The van der Waals surface area contributed by atoms with Gasteiger partial charge in [-0.2, -0.15) is 4.98 Å². The van der Waals surface area contributed by atoms with Crippen molar-refractivity contribution in [2.24, 2.45) is 5.92 Å². The Balaban J connectivity index is 1.65. The number of aromatic amines is 1. The summed E-state index contributed by atoms with van der Waals surface area (Å²) in [5.74, 6) is 0.432. The lowest BCUT2D eigenvalue weighted by Crippen LogP contribution is -2.44. The van der Waals surface area contributed by atoms with E-state index in [-0.39, 0.29) is 23.7 Å². The fraction of sp³-hybridized carbons (Fsp3) is 0.500. The second kappa shape index (κ2) is 9.73. The fourth-order valence-electron chi connectivity index (χ4n) is 3.29. The molecule has 1 aromatic carbocycles. The molecule has 9 heteroatoms. The molecule has 1 aromatic heterocycles. The van der Waals surface area contributed by atoms with Crippen molar-refractivity contribution in [2.45, 2.75) is 45.6 Å². The van der Waals surface area contributed by atoms with Gasteiger partial charge in [0.25, 0.3) is 5.91 Å². The summed E-state index contributed by atoms with van der Waals surface area (Å²) >= 11 is 5.87. The molecule has 0 spiro atoms. The van der Waals surface area contributed by atoms with Crippen molar-refractivity contribution < 1.29 is 9.59 Å². The maximum Gasteiger partial charge on any atom is 0.251 e. The van der Waals surface area contributed by atoms with Crippen LogP contribution in [-0.4, -0.2) is 46.1 Å². The van der Waals surface area contributed by atoms with Crippen molar-refractivity contribution in [2.75, 3.05) is 23.3 Å². The van der Waals surface area contributed by atoms with Crippen LogP contribution < -0.4 is 15.5 Å². The molecule has 0 radical (unpaired) electrons. The Labute approximate surface area is 175 Å². The molecule has 1 saturated heterocycles. The largest absolute Gasteiger partial charge is 0.340 e. The number of aromatic nitrogens is 3. The molecule has 0 aliphatic carbocycles. The van der Waals surface area contributed by atoms with Gasteiger partial charge in [-0.05, 0) is 55.9 Å². The predicted octanol–water partition coefficient (Wildman–Crippen LogP) is 3.23. The van der Waals surface area contributed by atoms with Crippen molar-refractivity contribution in [3.05, 3.63) is 34.9 Å². The number of anilines is 2. The molecule has 2 amide bonds. The minimum Gasteiger partial charge on any atom is -0.340 e. The van der Waals surface area contributed by atoms with Gasteiger partial charge >= 0.3 is 0 Å². The molecule has 8 nitrogen and oxygen atoms in total. The Kier molecular flexibility index (Phi) is 7.09. The van der Waals surface area contributed by atoms with Gasteiger partial charge in [-0.3, -0.25) is 14.9 Å². The third-order valence-corrected chi connectivity index (χ3v) is 5.04. The summed E-state index contributed by atoms with van der Waals surface area (Å²) in [6.45, 7) is 5.83. The molecule has 1 unspecified atom stereocenters. The lowest BCUT2D eigenvalue weighted by Gasteiger charge is -2.24. The van der Waals surface area contributed by atoms with Gasteiger partial charge in [-0.15, -0.1) is 5.10 Å². The Hall–Kier alpha value is -2.61. The molecule has 2 aromatic rings. The number of piperidine rings is 1. The van der Waals surface area contributed by atoms with Gasteiger partial charge in [0.15, 0.2) is 0 Å². The van der Waals surface area contributed by atoms with Gasteiger partial charge in [0.1, 0.15) is 6.04 Å². The van der Waals surface area contributed by atoms with Crippen LogP contribution >= 0.6 is 11.6 Å². The molecule has 0 bridgehead atoms. The first-order valence-corrected chi connectivity index (χ1v) is 10.3. The molecular formula is C20H27ClN6O2.